The number of piperazine rings is 1. The van der Waals surface area contributed by atoms with Gasteiger partial charge in [0.05, 0.1) is 12.6 Å². The maximum atomic E-state index is 5.81. The molecule has 6 heteroatoms. The fourth-order valence-electron chi connectivity index (χ4n) is 2.99. The first-order valence-electron chi connectivity index (χ1n) is 9.50. The van der Waals surface area contributed by atoms with Crippen molar-refractivity contribution in [2.75, 3.05) is 60.0 Å². The zero-order valence-electron chi connectivity index (χ0n) is 16.6. The second kappa shape index (κ2) is 11.7. The van der Waals surface area contributed by atoms with Gasteiger partial charge in [0.15, 0.2) is 5.96 Å². The second-order valence-electron chi connectivity index (χ2n) is 7.07. The van der Waals surface area contributed by atoms with E-state index in [0.29, 0.717) is 18.1 Å². The lowest BCUT2D eigenvalue weighted by Crippen LogP contribution is -2.51. The first-order valence-corrected chi connectivity index (χ1v) is 9.50. The normalized spacial score (nSPS) is 22.0. The van der Waals surface area contributed by atoms with Gasteiger partial charge in [-0.15, -0.1) is 0 Å². The summed E-state index contributed by atoms with van der Waals surface area (Å²) in [6, 6.07) is 0.492. The maximum Gasteiger partial charge on any atom is 0.191 e. The molecular formula is C18H39N5O. The van der Waals surface area contributed by atoms with E-state index in [9.17, 15) is 0 Å². The van der Waals surface area contributed by atoms with Gasteiger partial charge >= 0.3 is 0 Å². The summed E-state index contributed by atoms with van der Waals surface area (Å²) in [6.45, 7) is 15.3. The Bertz CT molecular complexity index is 361. The van der Waals surface area contributed by atoms with Gasteiger partial charge < -0.3 is 20.3 Å². The lowest BCUT2D eigenvalue weighted by atomic mass is 10.0. The van der Waals surface area contributed by atoms with Crippen LogP contribution in [0.25, 0.3) is 0 Å². The number of ether oxygens (including phenoxy) is 1. The predicted octanol–water partition coefficient (Wildman–Crippen LogP) is 1.24. The molecule has 0 radical (unpaired) electrons. The number of guanidine groups is 1. The van der Waals surface area contributed by atoms with Gasteiger partial charge in [-0.2, -0.15) is 0 Å². The average molecular weight is 342 g/mol. The van der Waals surface area contributed by atoms with Crippen LogP contribution in [0.1, 0.15) is 34.1 Å². The largest absolute Gasteiger partial charge is 0.378 e. The Hall–Kier alpha value is -0.850. The SMILES string of the molecule is CCNC(=NCC1CN(C)CCN1C)NCCC(OCC)C(C)C. The van der Waals surface area contributed by atoms with E-state index in [0.717, 1.165) is 58.3 Å². The molecule has 1 fully saturated rings. The third kappa shape index (κ3) is 7.81. The molecule has 1 rings (SSSR count). The molecule has 1 heterocycles. The van der Waals surface area contributed by atoms with Gasteiger partial charge in [-0.3, -0.25) is 9.89 Å². The van der Waals surface area contributed by atoms with Gasteiger partial charge in [0, 0.05) is 45.4 Å². The molecule has 0 aliphatic carbocycles. The molecule has 0 aromatic heterocycles. The highest BCUT2D eigenvalue weighted by atomic mass is 16.5. The molecule has 1 saturated heterocycles. The summed E-state index contributed by atoms with van der Waals surface area (Å²) in [5.74, 6) is 1.45. The first-order chi connectivity index (χ1) is 11.5. The van der Waals surface area contributed by atoms with E-state index < -0.39 is 0 Å². The molecular weight excluding hydrogens is 302 g/mol. The lowest BCUT2D eigenvalue weighted by Gasteiger charge is -2.36. The number of hydrogen-bond donors (Lipinski definition) is 2. The second-order valence-corrected chi connectivity index (χ2v) is 7.07. The van der Waals surface area contributed by atoms with Gasteiger partial charge in [0.1, 0.15) is 0 Å². The zero-order valence-corrected chi connectivity index (χ0v) is 16.6. The summed E-state index contributed by atoms with van der Waals surface area (Å²) < 4.78 is 5.81. The van der Waals surface area contributed by atoms with E-state index >= 15 is 0 Å². The molecule has 24 heavy (non-hydrogen) atoms. The van der Waals surface area contributed by atoms with Crippen LogP contribution in [0, 0.1) is 5.92 Å². The summed E-state index contributed by atoms with van der Waals surface area (Å²) >= 11 is 0. The topological polar surface area (TPSA) is 52.1 Å². The molecule has 0 saturated carbocycles. The molecule has 2 N–H and O–H groups in total. The van der Waals surface area contributed by atoms with Crippen LogP contribution in [0.3, 0.4) is 0 Å². The highest BCUT2D eigenvalue weighted by molar-refractivity contribution is 5.79. The molecule has 1 aliphatic rings. The third-order valence-electron chi connectivity index (χ3n) is 4.63. The quantitative estimate of drug-likeness (QED) is 0.488. The fraction of sp³-hybridized carbons (Fsp3) is 0.944. The Morgan fingerprint density at radius 2 is 1.96 bits per heavy atom. The van der Waals surface area contributed by atoms with Gasteiger partial charge in [0.25, 0.3) is 0 Å². The Morgan fingerprint density at radius 3 is 2.58 bits per heavy atom. The Kier molecular flexibility index (Phi) is 10.3. The number of likely N-dealkylation sites (N-methyl/N-ethyl adjacent to an activating group) is 2. The number of aliphatic imine (C=N–C) groups is 1. The van der Waals surface area contributed by atoms with E-state index in [1.54, 1.807) is 0 Å². The van der Waals surface area contributed by atoms with E-state index in [1.807, 2.05) is 0 Å². The molecule has 0 spiro atoms. The summed E-state index contributed by atoms with van der Waals surface area (Å²) in [6.07, 6.45) is 1.31. The molecule has 2 unspecified atom stereocenters. The molecule has 0 bridgehead atoms. The Morgan fingerprint density at radius 1 is 1.21 bits per heavy atom. The molecule has 0 aromatic rings. The lowest BCUT2D eigenvalue weighted by molar-refractivity contribution is 0.0258. The molecule has 0 amide bonds. The van der Waals surface area contributed by atoms with E-state index in [1.165, 1.54) is 0 Å². The van der Waals surface area contributed by atoms with E-state index in [2.05, 4.69) is 62.2 Å². The summed E-state index contributed by atoms with van der Waals surface area (Å²) in [4.78, 5) is 9.59. The van der Waals surface area contributed by atoms with Crippen molar-refractivity contribution in [1.82, 2.24) is 20.4 Å². The predicted molar refractivity (Wildman–Crippen MR) is 103 cm³/mol. The molecule has 6 nitrogen and oxygen atoms in total. The highest BCUT2D eigenvalue weighted by Crippen LogP contribution is 2.10. The van der Waals surface area contributed by atoms with Crippen LogP contribution in [-0.2, 0) is 4.74 Å². The van der Waals surface area contributed by atoms with Crippen LogP contribution >= 0.6 is 0 Å². The number of hydrogen-bond acceptors (Lipinski definition) is 4. The third-order valence-corrected chi connectivity index (χ3v) is 4.63. The van der Waals surface area contributed by atoms with Crippen LogP contribution in [-0.4, -0.2) is 87.9 Å². The smallest absolute Gasteiger partial charge is 0.191 e. The van der Waals surface area contributed by atoms with Gasteiger partial charge in [0.2, 0.25) is 0 Å². The van der Waals surface area contributed by atoms with Crippen molar-refractivity contribution < 1.29 is 4.74 Å². The minimum absolute atomic E-state index is 0.309. The summed E-state index contributed by atoms with van der Waals surface area (Å²) in [7, 11) is 4.38. The Labute approximate surface area is 149 Å². The van der Waals surface area contributed by atoms with Crippen molar-refractivity contribution >= 4 is 5.96 Å². The van der Waals surface area contributed by atoms with Crippen LogP contribution in [0.2, 0.25) is 0 Å². The highest BCUT2D eigenvalue weighted by Gasteiger charge is 2.21. The molecule has 1 aliphatic heterocycles. The van der Waals surface area contributed by atoms with Crippen molar-refractivity contribution in [3.8, 4) is 0 Å². The first kappa shape index (κ1) is 21.2. The Balaban J connectivity index is 2.47. The van der Waals surface area contributed by atoms with Crippen LogP contribution < -0.4 is 10.6 Å². The fourth-order valence-corrected chi connectivity index (χ4v) is 2.99. The van der Waals surface area contributed by atoms with Crippen molar-refractivity contribution in [2.24, 2.45) is 10.9 Å². The van der Waals surface area contributed by atoms with Gasteiger partial charge in [-0.25, -0.2) is 0 Å². The van der Waals surface area contributed by atoms with E-state index in [-0.39, 0.29) is 0 Å². The van der Waals surface area contributed by atoms with Crippen LogP contribution in [0.15, 0.2) is 4.99 Å². The number of nitrogens with zero attached hydrogens (tertiary/aromatic N) is 3. The molecule has 2 atom stereocenters. The van der Waals surface area contributed by atoms with Gasteiger partial charge in [-0.05, 0) is 40.3 Å². The van der Waals surface area contributed by atoms with Crippen molar-refractivity contribution in [3.05, 3.63) is 0 Å². The standard InChI is InChI=1S/C18H39N5O/c1-7-19-18(20-10-9-17(15(3)4)24-8-2)21-13-16-14-22(5)11-12-23(16)6/h15-17H,7-14H2,1-6H3,(H2,19,20,21). The summed E-state index contributed by atoms with van der Waals surface area (Å²) in [5.41, 5.74) is 0. The van der Waals surface area contributed by atoms with Crippen molar-refractivity contribution in [1.29, 1.82) is 0 Å². The van der Waals surface area contributed by atoms with Gasteiger partial charge in [-0.1, -0.05) is 13.8 Å². The average Bonchev–Trinajstić information content (AvgIpc) is 2.54. The van der Waals surface area contributed by atoms with E-state index in [4.69, 9.17) is 9.73 Å². The zero-order chi connectivity index (χ0) is 17.9. The number of rotatable bonds is 9. The maximum absolute atomic E-state index is 5.81. The minimum Gasteiger partial charge on any atom is -0.378 e. The van der Waals surface area contributed by atoms with Crippen molar-refractivity contribution in [3.63, 3.8) is 0 Å². The number of nitrogens with one attached hydrogen (secondary N) is 2. The van der Waals surface area contributed by atoms with Crippen LogP contribution in [0.5, 0.6) is 0 Å². The van der Waals surface area contributed by atoms with Crippen molar-refractivity contribution in [2.45, 2.75) is 46.3 Å². The molecule has 0 aromatic carbocycles. The summed E-state index contributed by atoms with van der Waals surface area (Å²) in [5, 5.41) is 6.81. The minimum atomic E-state index is 0.309. The molecule has 142 valence electrons. The monoisotopic (exact) mass is 341 g/mol. The van der Waals surface area contributed by atoms with Crippen LogP contribution in [0.4, 0.5) is 0 Å².